The average molecular weight is 306 g/mol. The van der Waals surface area contributed by atoms with Crippen LogP contribution >= 0.6 is 11.8 Å². The van der Waals surface area contributed by atoms with Crippen LogP contribution in [-0.4, -0.2) is 34.1 Å². The van der Waals surface area contributed by atoms with E-state index >= 15 is 0 Å². The molecular weight excluding hydrogens is 284 g/mol. The maximum Gasteiger partial charge on any atom is 0.230 e. The van der Waals surface area contributed by atoms with Gasteiger partial charge in [-0.2, -0.15) is 0 Å². The highest BCUT2D eigenvalue weighted by atomic mass is 32.2. The molecule has 21 heavy (non-hydrogen) atoms. The zero-order valence-corrected chi connectivity index (χ0v) is 13.3. The van der Waals surface area contributed by atoms with Gasteiger partial charge in [-0.25, -0.2) is 4.98 Å². The number of fused-ring (bicyclic) bond motifs is 1. The predicted octanol–water partition coefficient (Wildman–Crippen LogP) is 1.59. The van der Waals surface area contributed by atoms with Crippen LogP contribution in [0.25, 0.3) is 5.65 Å². The molecule has 5 nitrogen and oxygen atoms in total. The van der Waals surface area contributed by atoms with Crippen molar-refractivity contribution in [2.24, 2.45) is 11.7 Å². The van der Waals surface area contributed by atoms with Crippen LogP contribution < -0.4 is 11.1 Å². The number of hydrogen-bond donors (Lipinski definition) is 2. The Labute approximate surface area is 129 Å². The van der Waals surface area contributed by atoms with Crippen LogP contribution in [0.1, 0.15) is 18.2 Å². The van der Waals surface area contributed by atoms with Gasteiger partial charge in [0.25, 0.3) is 0 Å². The number of amides is 1. The number of carbonyl (C=O) groups excluding carboxylic acids is 1. The fourth-order valence-electron chi connectivity index (χ4n) is 1.90. The van der Waals surface area contributed by atoms with Gasteiger partial charge in [0, 0.05) is 24.7 Å². The number of rotatable bonds is 7. The number of nitrogens with zero attached hydrogens (tertiary/aromatic N) is 2. The second-order valence-corrected chi connectivity index (χ2v) is 6.33. The number of carbonyl (C=O) groups is 1. The zero-order valence-electron chi connectivity index (χ0n) is 12.5. The molecule has 0 aliphatic carbocycles. The Morgan fingerprint density at radius 3 is 3.05 bits per heavy atom. The normalized spacial score (nSPS) is 12.5. The topological polar surface area (TPSA) is 72.4 Å². The average Bonchev–Trinajstić information content (AvgIpc) is 2.86. The molecule has 2 aromatic heterocycles. The number of hydrogen-bond acceptors (Lipinski definition) is 4. The highest BCUT2D eigenvalue weighted by Crippen LogP contribution is 2.13. The molecule has 1 atom stereocenters. The maximum atomic E-state index is 11.7. The van der Waals surface area contributed by atoms with E-state index in [1.165, 1.54) is 5.56 Å². The lowest BCUT2D eigenvalue weighted by molar-refractivity contribution is -0.118. The molecule has 2 aromatic rings. The molecule has 1 amide bonds. The van der Waals surface area contributed by atoms with Crippen LogP contribution in [0.3, 0.4) is 0 Å². The van der Waals surface area contributed by atoms with Crippen LogP contribution in [0.4, 0.5) is 0 Å². The molecule has 0 spiro atoms. The smallest absolute Gasteiger partial charge is 0.230 e. The minimum atomic E-state index is 0.0555. The number of nitrogens with two attached hydrogens (primary N) is 1. The van der Waals surface area contributed by atoms with Crippen molar-refractivity contribution in [2.45, 2.75) is 19.6 Å². The van der Waals surface area contributed by atoms with E-state index in [1.54, 1.807) is 11.8 Å². The fourth-order valence-corrected chi connectivity index (χ4v) is 2.63. The molecule has 0 saturated heterocycles. The van der Waals surface area contributed by atoms with Gasteiger partial charge in [0.05, 0.1) is 11.4 Å². The van der Waals surface area contributed by atoms with Crippen molar-refractivity contribution >= 4 is 23.3 Å². The highest BCUT2D eigenvalue weighted by molar-refractivity contribution is 7.99. The molecule has 2 heterocycles. The molecule has 0 bridgehead atoms. The van der Waals surface area contributed by atoms with Crippen LogP contribution in [0.5, 0.6) is 0 Å². The van der Waals surface area contributed by atoms with Gasteiger partial charge in [0.2, 0.25) is 5.91 Å². The summed E-state index contributed by atoms with van der Waals surface area (Å²) >= 11 is 1.57. The molecule has 0 aliphatic rings. The quantitative estimate of drug-likeness (QED) is 0.815. The van der Waals surface area contributed by atoms with Crippen molar-refractivity contribution in [2.75, 3.05) is 18.8 Å². The van der Waals surface area contributed by atoms with Gasteiger partial charge in [-0.3, -0.25) is 4.79 Å². The van der Waals surface area contributed by atoms with E-state index < -0.39 is 0 Å². The van der Waals surface area contributed by atoms with Crippen molar-refractivity contribution < 1.29 is 4.79 Å². The lowest BCUT2D eigenvalue weighted by Crippen LogP contribution is -2.32. The summed E-state index contributed by atoms with van der Waals surface area (Å²) in [7, 11) is 0. The Kier molecular flexibility index (Phi) is 5.64. The molecule has 2 rings (SSSR count). The van der Waals surface area contributed by atoms with Gasteiger partial charge in [-0.1, -0.05) is 13.0 Å². The van der Waals surface area contributed by atoms with E-state index in [4.69, 9.17) is 5.73 Å². The van der Waals surface area contributed by atoms with Crippen molar-refractivity contribution in [3.05, 3.63) is 35.8 Å². The van der Waals surface area contributed by atoms with E-state index in [-0.39, 0.29) is 5.91 Å². The second-order valence-electron chi connectivity index (χ2n) is 5.34. The Bertz CT molecular complexity index is 611. The Balaban J connectivity index is 1.78. The third-order valence-electron chi connectivity index (χ3n) is 3.18. The fraction of sp³-hybridized carbons (Fsp3) is 0.467. The molecule has 0 radical (unpaired) electrons. The first-order valence-electron chi connectivity index (χ1n) is 7.07. The van der Waals surface area contributed by atoms with E-state index in [9.17, 15) is 4.79 Å². The van der Waals surface area contributed by atoms with Crippen LogP contribution in [0.15, 0.2) is 24.5 Å². The van der Waals surface area contributed by atoms with Crippen molar-refractivity contribution in [3.63, 3.8) is 0 Å². The minimum absolute atomic E-state index is 0.0555. The largest absolute Gasteiger partial charge is 0.355 e. The first kappa shape index (κ1) is 15.9. The molecule has 3 N–H and O–H groups in total. The molecule has 114 valence electrons. The van der Waals surface area contributed by atoms with E-state index in [0.29, 0.717) is 24.8 Å². The Morgan fingerprint density at radius 1 is 1.48 bits per heavy atom. The Hall–Kier alpha value is -1.53. The summed E-state index contributed by atoms with van der Waals surface area (Å²) in [6.45, 7) is 5.31. The summed E-state index contributed by atoms with van der Waals surface area (Å²) in [4.78, 5) is 16.2. The number of imidazole rings is 1. The molecule has 0 aliphatic heterocycles. The van der Waals surface area contributed by atoms with Gasteiger partial charge >= 0.3 is 0 Å². The summed E-state index contributed by atoms with van der Waals surface area (Å²) in [6.07, 6.45) is 4.07. The third kappa shape index (κ3) is 4.75. The molecular formula is C15H22N4OS. The van der Waals surface area contributed by atoms with Crippen molar-refractivity contribution in [1.29, 1.82) is 0 Å². The van der Waals surface area contributed by atoms with Gasteiger partial charge in [-0.05, 0) is 31.0 Å². The van der Waals surface area contributed by atoms with Gasteiger partial charge in [-0.15, -0.1) is 11.8 Å². The minimum Gasteiger partial charge on any atom is -0.355 e. The molecule has 0 fully saturated rings. The number of nitrogens with one attached hydrogen (secondary N) is 1. The lowest BCUT2D eigenvalue weighted by atomic mass is 10.2. The second kappa shape index (κ2) is 7.47. The zero-order chi connectivity index (χ0) is 15.2. The van der Waals surface area contributed by atoms with Crippen LogP contribution in [-0.2, 0) is 10.5 Å². The monoisotopic (exact) mass is 306 g/mol. The number of aromatic nitrogens is 2. The summed E-state index contributed by atoms with van der Waals surface area (Å²) in [6, 6.07) is 4.05. The first-order chi connectivity index (χ1) is 10.1. The Morgan fingerprint density at radius 2 is 2.29 bits per heavy atom. The molecule has 0 saturated carbocycles. The van der Waals surface area contributed by atoms with Gasteiger partial charge in [0.15, 0.2) is 0 Å². The van der Waals surface area contributed by atoms with E-state index in [2.05, 4.69) is 23.4 Å². The van der Waals surface area contributed by atoms with Crippen LogP contribution in [0.2, 0.25) is 0 Å². The standard InChI is InChI=1S/C15H22N4OS/c1-11-3-4-14-18-13(8-19(14)7-11)9-21-10-15(20)17-6-12(2)5-16/h3-4,7-8,12H,5-6,9-10,16H2,1-2H3,(H,17,20). The first-order valence-corrected chi connectivity index (χ1v) is 8.22. The molecule has 0 aromatic carbocycles. The van der Waals surface area contributed by atoms with Crippen molar-refractivity contribution in [1.82, 2.24) is 14.7 Å². The SMILES string of the molecule is Cc1ccc2nc(CSCC(=O)NCC(C)CN)cn2c1. The maximum absolute atomic E-state index is 11.7. The summed E-state index contributed by atoms with van der Waals surface area (Å²) in [5.74, 6) is 1.56. The number of aryl methyl sites for hydroxylation is 1. The predicted molar refractivity (Wildman–Crippen MR) is 87.3 cm³/mol. The van der Waals surface area contributed by atoms with Gasteiger partial charge < -0.3 is 15.5 Å². The molecule has 1 unspecified atom stereocenters. The lowest BCUT2D eigenvalue weighted by Gasteiger charge is -2.09. The number of thioether (sulfide) groups is 1. The van der Waals surface area contributed by atoms with Crippen LogP contribution in [0, 0.1) is 12.8 Å². The summed E-state index contributed by atoms with van der Waals surface area (Å²) < 4.78 is 2.02. The van der Waals surface area contributed by atoms with Crippen molar-refractivity contribution in [3.8, 4) is 0 Å². The third-order valence-corrected chi connectivity index (χ3v) is 4.15. The van der Waals surface area contributed by atoms with Gasteiger partial charge in [0.1, 0.15) is 5.65 Å². The van der Waals surface area contributed by atoms with E-state index in [1.807, 2.05) is 29.7 Å². The van der Waals surface area contributed by atoms with E-state index in [0.717, 1.165) is 17.1 Å². The summed E-state index contributed by atoms with van der Waals surface area (Å²) in [5.41, 5.74) is 8.65. The highest BCUT2D eigenvalue weighted by Gasteiger charge is 2.06. The molecule has 6 heteroatoms. The number of pyridine rings is 1. The summed E-state index contributed by atoms with van der Waals surface area (Å²) in [5, 5.41) is 2.89.